The van der Waals surface area contributed by atoms with Gasteiger partial charge in [0, 0.05) is 29.4 Å². The van der Waals surface area contributed by atoms with E-state index in [2.05, 4.69) is 15.3 Å². The summed E-state index contributed by atoms with van der Waals surface area (Å²) in [6, 6.07) is 0. The minimum absolute atomic E-state index is 0.0719. The number of nitrogens with zero attached hydrogens (tertiary/aromatic N) is 1. The molecule has 0 amide bonds. The number of thioether (sulfide) groups is 2. The van der Waals surface area contributed by atoms with Gasteiger partial charge in [-0.05, 0) is 13.0 Å². The number of aromatic nitrogens is 2. The van der Waals surface area contributed by atoms with Crippen molar-refractivity contribution in [2.24, 2.45) is 0 Å². The molecule has 0 spiro atoms. The molecule has 92 valence electrons. The van der Waals surface area contributed by atoms with Crippen LogP contribution in [0, 0.1) is 0 Å². The Morgan fingerprint density at radius 2 is 2.29 bits per heavy atom. The quantitative estimate of drug-likeness (QED) is 0.794. The molecule has 17 heavy (non-hydrogen) atoms. The maximum Gasteiger partial charge on any atom is 0.254 e. The number of hydrogen-bond acceptors (Lipinski definition) is 5. The molecule has 1 atom stereocenters. The van der Waals surface area contributed by atoms with Crippen molar-refractivity contribution in [1.82, 2.24) is 15.3 Å². The van der Waals surface area contributed by atoms with Crippen LogP contribution >= 0.6 is 23.5 Å². The predicted octanol–water partition coefficient (Wildman–Crippen LogP) is 0.937. The van der Waals surface area contributed by atoms with E-state index in [-0.39, 0.29) is 5.56 Å². The SMILES string of the molecule is O=c1[nH]c(C2CSCCS2)nc2c1CCNC2. The van der Waals surface area contributed by atoms with Crippen molar-refractivity contribution < 1.29 is 0 Å². The smallest absolute Gasteiger partial charge is 0.254 e. The van der Waals surface area contributed by atoms with Crippen LogP contribution < -0.4 is 10.9 Å². The van der Waals surface area contributed by atoms with Crippen LogP contribution in [0.4, 0.5) is 0 Å². The average molecular weight is 269 g/mol. The second-order valence-electron chi connectivity index (χ2n) is 4.24. The Kier molecular flexibility index (Phi) is 3.44. The number of fused-ring (bicyclic) bond motifs is 1. The Balaban J connectivity index is 1.95. The van der Waals surface area contributed by atoms with E-state index < -0.39 is 0 Å². The fourth-order valence-corrected chi connectivity index (χ4v) is 4.81. The highest BCUT2D eigenvalue weighted by Gasteiger charge is 2.22. The highest BCUT2D eigenvalue weighted by molar-refractivity contribution is 8.06. The predicted molar refractivity (Wildman–Crippen MR) is 72.8 cm³/mol. The molecule has 0 radical (unpaired) electrons. The average Bonchev–Trinajstić information content (AvgIpc) is 2.40. The first-order chi connectivity index (χ1) is 8.34. The molecule has 2 aliphatic heterocycles. The second-order valence-corrected chi connectivity index (χ2v) is 6.70. The lowest BCUT2D eigenvalue weighted by Crippen LogP contribution is -2.32. The Bertz CT molecular complexity index is 468. The third-order valence-corrected chi connectivity index (χ3v) is 5.85. The van der Waals surface area contributed by atoms with Gasteiger partial charge >= 0.3 is 0 Å². The molecule has 2 aliphatic rings. The molecule has 3 heterocycles. The van der Waals surface area contributed by atoms with E-state index in [9.17, 15) is 4.79 Å². The summed E-state index contributed by atoms with van der Waals surface area (Å²) in [6.45, 7) is 1.61. The van der Waals surface area contributed by atoms with Crippen LogP contribution in [0.1, 0.15) is 22.3 Å². The molecule has 0 aliphatic carbocycles. The first kappa shape index (κ1) is 11.6. The van der Waals surface area contributed by atoms with E-state index in [4.69, 9.17) is 0 Å². The molecular weight excluding hydrogens is 254 g/mol. The van der Waals surface area contributed by atoms with E-state index in [1.807, 2.05) is 23.5 Å². The van der Waals surface area contributed by atoms with Gasteiger partial charge in [0.15, 0.2) is 0 Å². The Labute approximate surface area is 108 Å². The zero-order chi connectivity index (χ0) is 11.7. The van der Waals surface area contributed by atoms with Crippen LogP contribution in [-0.2, 0) is 13.0 Å². The minimum Gasteiger partial charge on any atom is -0.311 e. The van der Waals surface area contributed by atoms with Crippen LogP contribution in [0.3, 0.4) is 0 Å². The Morgan fingerprint density at radius 3 is 3.12 bits per heavy atom. The highest BCUT2D eigenvalue weighted by atomic mass is 32.2. The monoisotopic (exact) mass is 269 g/mol. The van der Waals surface area contributed by atoms with Gasteiger partial charge in [0.25, 0.3) is 5.56 Å². The highest BCUT2D eigenvalue weighted by Crippen LogP contribution is 2.34. The summed E-state index contributed by atoms with van der Waals surface area (Å²) >= 11 is 3.84. The first-order valence-electron chi connectivity index (χ1n) is 5.86. The van der Waals surface area contributed by atoms with Crippen molar-refractivity contribution >= 4 is 23.5 Å². The van der Waals surface area contributed by atoms with E-state index >= 15 is 0 Å². The van der Waals surface area contributed by atoms with Crippen LogP contribution in [0.2, 0.25) is 0 Å². The third kappa shape index (κ3) is 2.39. The molecule has 1 saturated heterocycles. The van der Waals surface area contributed by atoms with Crippen molar-refractivity contribution in [2.45, 2.75) is 18.2 Å². The van der Waals surface area contributed by atoms with Crippen molar-refractivity contribution in [3.05, 3.63) is 27.4 Å². The van der Waals surface area contributed by atoms with Gasteiger partial charge in [-0.2, -0.15) is 11.8 Å². The van der Waals surface area contributed by atoms with E-state index in [0.29, 0.717) is 5.25 Å². The molecule has 0 aromatic carbocycles. The number of aromatic amines is 1. The summed E-state index contributed by atoms with van der Waals surface area (Å²) in [5, 5.41) is 3.63. The van der Waals surface area contributed by atoms with E-state index in [0.717, 1.165) is 48.1 Å². The molecule has 0 bridgehead atoms. The van der Waals surface area contributed by atoms with Crippen molar-refractivity contribution in [3.63, 3.8) is 0 Å². The normalized spacial score (nSPS) is 24.4. The third-order valence-electron chi connectivity index (χ3n) is 3.08. The van der Waals surface area contributed by atoms with Gasteiger partial charge < -0.3 is 10.3 Å². The summed E-state index contributed by atoms with van der Waals surface area (Å²) in [4.78, 5) is 19.6. The van der Waals surface area contributed by atoms with Crippen LogP contribution in [0.25, 0.3) is 0 Å². The van der Waals surface area contributed by atoms with Crippen molar-refractivity contribution in [3.8, 4) is 0 Å². The maximum atomic E-state index is 12.0. The lowest BCUT2D eigenvalue weighted by atomic mass is 10.1. The summed E-state index contributed by atoms with van der Waals surface area (Å²) in [7, 11) is 0. The fourth-order valence-electron chi connectivity index (χ4n) is 2.19. The van der Waals surface area contributed by atoms with Gasteiger partial charge in [-0.3, -0.25) is 4.79 Å². The van der Waals surface area contributed by atoms with Gasteiger partial charge in [0.1, 0.15) is 5.82 Å². The van der Waals surface area contributed by atoms with E-state index in [1.165, 1.54) is 5.75 Å². The molecule has 3 rings (SSSR count). The molecule has 4 nitrogen and oxygen atoms in total. The zero-order valence-corrected chi connectivity index (χ0v) is 11.1. The molecule has 1 fully saturated rings. The summed E-state index contributed by atoms with van der Waals surface area (Å²) in [5.74, 6) is 4.28. The van der Waals surface area contributed by atoms with Gasteiger partial charge in [0.2, 0.25) is 0 Å². The lowest BCUT2D eigenvalue weighted by Gasteiger charge is -2.22. The molecule has 0 saturated carbocycles. The van der Waals surface area contributed by atoms with Crippen LogP contribution in [0.5, 0.6) is 0 Å². The maximum absolute atomic E-state index is 12.0. The molecule has 2 N–H and O–H groups in total. The summed E-state index contributed by atoms with van der Waals surface area (Å²) < 4.78 is 0. The lowest BCUT2D eigenvalue weighted by molar-refractivity contribution is 0.611. The van der Waals surface area contributed by atoms with Gasteiger partial charge in [0.05, 0.1) is 10.9 Å². The number of rotatable bonds is 1. The number of nitrogens with one attached hydrogen (secondary N) is 2. The van der Waals surface area contributed by atoms with Crippen LogP contribution in [0.15, 0.2) is 4.79 Å². The number of hydrogen-bond donors (Lipinski definition) is 2. The van der Waals surface area contributed by atoms with E-state index in [1.54, 1.807) is 0 Å². The van der Waals surface area contributed by atoms with Gasteiger partial charge in [-0.25, -0.2) is 4.98 Å². The standard InChI is InChI=1S/C11H15N3OS2/c15-11-7-1-2-12-5-8(7)13-10(14-11)9-6-16-3-4-17-9/h9,12H,1-6H2,(H,13,14,15). The fraction of sp³-hybridized carbons (Fsp3) is 0.636. The summed E-state index contributed by atoms with van der Waals surface area (Å²) in [5.41, 5.74) is 1.90. The molecule has 1 unspecified atom stereocenters. The largest absolute Gasteiger partial charge is 0.311 e. The molecule has 6 heteroatoms. The van der Waals surface area contributed by atoms with Crippen molar-refractivity contribution in [2.75, 3.05) is 23.8 Å². The minimum atomic E-state index is 0.0719. The summed E-state index contributed by atoms with van der Waals surface area (Å²) in [6.07, 6.45) is 0.796. The second kappa shape index (κ2) is 5.04. The first-order valence-corrected chi connectivity index (χ1v) is 8.07. The molecule has 1 aromatic rings. The van der Waals surface area contributed by atoms with Crippen molar-refractivity contribution in [1.29, 1.82) is 0 Å². The number of H-pyrrole nitrogens is 1. The molecule has 1 aromatic heterocycles. The topological polar surface area (TPSA) is 57.8 Å². The Morgan fingerprint density at radius 1 is 1.35 bits per heavy atom. The molecular formula is C11H15N3OS2. The van der Waals surface area contributed by atoms with Crippen LogP contribution in [-0.4, -0.2) is 33.8 Å². The van der Waals surface area contributed by atoms with Gasteiger partial charge in [-0.1, -0.05) is 0 Å². The zero-order valence-electron chi connectivity index (χ0n) is 9.49. The van der Waals surface area contributed by atoms with Gasteiger partial charge in [-0.15, -0.1) is 11.8 Å². The Hall–Kier alpha value is -0.460.